The van der Waals surface area contributed by atoms with E-state index in [-0.39, 0.29) is 0 Å². The van der Waals surface area contributed by atoms with E-state index in [0.717, 1.165) is 28.7 Å². The zero-order valence-electron chi connectivity index (χ0n) is 11.4. The van der Waals surface area contributed by atoms with Gasteiger partial charge in [-0.2, -0.15) is 0 Å². The summed E-state index contributed by atoms with van der Waals surface area (Å²) in [5.74, 6) is 5.90. The van der Waals surface area contributed by atoms with Crippen molar-refractivity contribution in [1.82, 2.24) is 0 Å². The van der Waals surface area contributed by atoms with Crippen LogP contribution in [0.3, 0.4) is 0 Å². The number of methoxy groups -OCH3 is 1. The monoisotopic (exact) mass is 264 g/mol. The fourth-order valence-corrected chi connectivity index (χ4v) is 2.78. The van der Waals surface area contributed by atoms with Gasteiger partial charge in [-0.3, -0.25) is 0 Å². The van der Waals surface area contributed by atoms with Crippen LogP contribution in [0.2, 0.25) is 0 Å². The molecule has 0 saturated heterocycles. The first kappa shape index (κ1) is 12.9. The minimum Gasteiger partial charge on any atom is -0.372 e. The molecule has 2 aromatic rings. The smallest absolute Gasteiger partial charge is 0.177 e. The Hall–Kier alpha value is -2.08. The average molecular weight is 264 g/mol. The summed E-state index contributed by atoms with van der Waals surface area (Å²) in [5, 5.41) is 11.2. The van der Waals surface area contributed by atoms with Crippen molar-refractivity contribution in [2.75, 3.05) is 13.7 Å². The molecule has 0 aliphatic heterocycles. The summed E-state index contributed by atoms with van der Waals surface area (Å²) in [4.78, 5) is 0. The van der Waals surface area contributed by atoms with E-state index in [9.17, 15) is 5.11 Å². The van der Waals surface area contributed by atoms with Crippen LogP contribution < -0.4 is 0 Å². The highest BCUT2D eigenvalue weighted by Crippen LogP contribution is 2.39. The number of ether oxygens (including phenoxy) is 1. The molecule has 0 saturated carbocycles. The number of fused-ring (bicyclic) bond motifs is 2. The molecule has 0 fully saturated rings. The van der Waals surface area contributed by atoms with E-state index in [1.54, 1.807) is 7.11 Å². The highest BCUT2D eigenvalue weighted by atomic mass is 16.5. The Morgan fingerprint density at radius 1 is 1.05 bits per heavy atom. The maximum absolute atomic E-state index is 11.2. The third-order valence-electron chi connectivity index (χ3n) is 3.68. The number of aliphatic hydroxyl groups is 1. The van der Waals surface area contributed by atoms with Crippen molar-refractivity contribution in [3.05, 3.63) is 70.8 Å². The van der Waals surface area contributed by atoms with Crippen LogP contribution in [-0.2, 0) is 16.8 Å². The Morgan fingerprint density at radius 2 is 1.60 bits per heavy atom. The van der Waals surface area contributed by atoms with E-state index in [1.165, 1.54) is 0 Å². The van der Waals surface area contributed by atoms with Crippen LogP contribution in [0.5, 0.6) is 0 Å². The lowest BCUT2D eigenvalue weighted by Crippen LogP contribution is -2.31. The molecular weight excluding hydrogens is 248 g/mol. The Balaban J connectivity index is 2.20. The number of hydrogen-bond acceptors (Lipinski definition) is 2. The number of benzene rings is 2. The zero-order chi connectivity index (χ0) is 14.0. The lowest BCUT2D eigenvalue weighted by atomic mass is 9.75. The van der Waals surface area contributed by atoms with Crippen molar-refractivity contribution in [3.63, 3.8) is 0 Å². The molecule has 0 amide bonds. The molecule has 0 atom stereocenters. The molecule has 2 nitrogen and oxygen atoms in total. The second kappa shape index (κ2) is 5.13. The zero-order valence-corrected chi connectivity index (χ0v) is 11.4. The van der Waals surface area contributed by atoms with Gasteiger partial charge in [0, 0.05) is 18.2 Å². The highest BCUT2D eigenvalue weighted by molar-refractivity contribution is 5.56. The third-order valence-corrected chi connectivity index (χ3v) is 3.68. The van der Waals surface area contributed by atoms with Crippen molar-refractivity contribution in [3.8, 4) is 11.8 Å². The molecule has 100 valence electrons. The standard InChI is InChI=1S/C18H16O2/c1-20-12-6-11-18(19)16-9-4-2-7-14(16)13-15-8-3-5-10-17(15)18/h2-5,7-10,19H,12-13H2,1H3. The third kappa shape index (κ3) is 2.02. The molecule has 0 radical (unpaired) electrons. The molecule has 0 heterocycles. The molecule has 0 spiro atoms. The predicted octanol–water partition coefficient (Wildman–Crippen LogP) is 2.48. The molecule has 2 aromatic carbocycles. The second-order valence-electron chi connectivity index (χ2n) is 4.94. The van der Waals surface area contributed by atoms with Gasteiger partial charge in [-0.1, -0.05) is 60.4 Å². The van der Waals surface area contributed by atoms with E-state index in [4.69, 9.17) is 4.74 Å². The summed E-state index contributed by atoms with van der Waals surface area (Å²) in [6.07, 6.45) is 0.834. The second-order valence-corrected chi connectivity index (χ2v) is 4.94. The number of rotatable bonds is 1. The van der Waals surface area contributed by atoms with E-state index < -0.39 is 5.60 Å². The molecule has 0 unspecified atom stereocenters. The SMILES string of the molecule is COCC#CC1(O)c2ccccc2Cc2ccccc21. The van der Waals surface area contributed by atoms with Crippen LogP contribution in [0, 0.1) is 11.8 Å². The predicted molar refractivity (Wildman–Crippen MR) is 78.3 cm³/mol. The summed E-state index contributed by atoms with van der Waals surface area (Å²) >= 11 is 0. The highest BCUT2D eigenvalue weighted by Gasteiger charge is 2.36. The molecule has 20 heavy (non-hydrogen) atoms. The Bertz CT molecular complexity index is 646. The van der Waals surface area contributed by atoms with Crippen molar-refractivity contribution < 1.29 is 9.84 Å². The Labute approximate surface area is 119 Å². The number of hydrogen-bond donors (Lipinski definition) is 1. The minimum absolute atomic E-state index is 0.312. The maximum Gasteiger partial charge on any atom is 0.177 e. The van der Waals surface area contributed by atoms with Gasteiger partial charge in [0.05, 0.1) is 0 Å². The van der Waals surface area contributed by atoms with E-state index >= 15 is 0 Å². The van der Waals surface area contributed by atoms with Crippen molar-refractivity contribution in [2.24, 2.45) is 0 Å². The molecule has 0 bridgehead atoms. The maximum atomic E-state index is 11.2. The molecule has 0 aromatic heterocycles. The van der Waals surface area contributed by atoms with Crippen LogP contribution in [0.4, 0.5) is 0 Å². The lowest BCUT2D eigenvalue weighted by Gasteiger charge is -2.32. The van der Waals surface area contributed by atoms with Crippen LogP contribution in [0.25, 0.3) is 0 Å². The van der Waals surface area contributed by atoms with Gasteiger partial charge in [-0.25, -0.2) is 0 Å². The van der Waals surface area contributed by atoms with Crippen molar-refractivity contribution in [1.29, 1.82) is 0 Å². The first-order chi connectivity index (χ1) is 9.75. The van der Waals surface area contributed by atoms with Crippen LogP contribution in [0.15, 0.2) is 48.5 Å². The van der Waals surface area contributed by atoms with Gasteiger partial charge < -0.3 is 9.84 Å². The molecule has 2 heteroatoms. The summed E-state index contributed by atoms with van der Waals surface area (Å²) in [5.41, 5.74) is 2.76. The topological polar surface area (TPSA) is 29.5 Å². The largest absolute Gasteiger partial charge is 0.372 e. The van der Waals surface area contributed by atoms with Gasteiger partial charge in [0.15, 0.2) is 5.60 Å². The summed E-state index contributed by atoms with van der Waals surface area (Å²) in [7, 11) is 1.60. The van der Waals surface area contributed by atoms with E-state index in [0.29, 0.717) is 6.61 Å². The van der Waals surface area contributed by atoms with Gasteiger partial charge >= 0.3 is 0 Å². The molecule has 1 aliphatic rings. The summed E-state index contributed by atoms with van der Waals surface area (Å²) < 4.78 is 4.97. The fourth-order valence-electron chi connectivity index (χ4n) is 2.78. The molecule has 1 N–H and O–H groups in total. The quantitative estimate of drug-likeness (QED) is 0.802. The Kier molecular flexibility index (Phi) is 3.31. The average Bonchev–Trinajstić information content (AvgIpc) is 2.48. The van der Waals surface area contributed by atoms with Crippen LogP contribution in [-0.4, -0.2) is 18.8 Å². The van der Waals surface area contributed by atoms with Gasteiger partial charge in [-0.15, -0.1) is 0 Å². The first-order valence-electron chi connectivity index (χ1n) is 6.64. The summed E-state index contributed by atoms with van der Waals surface area (Å²) in [6, 6.07) is 15.9. The van der Waals surface area contributed by atoms with Gasteiger partial charge in [0.2, 0.25) is 0 Å². The lowest BCUT2D eigenvalue weighted by molar-refractivity contribution is 0.140. The summed E-state index contributed by atoms with van der Waals surface area (Å²) in [6.45, 7) is 0.312. The van der Waals surface area contributed by atoms with Gasteiger partial charge in [0.25, 0.3) is 0 Å². The fraction of sp³-hybridized carbons (Fsp3) is 0.222. The van der Waals surface area contributed by atoms with Crippen molar-refractivity contribution >= 4 is 0 Å². The molecule has 3 rings (SSSR count). The van der Waals surface area contributed by atoms with Crippen LogP contribution in [0.1, 0.15) is 22.3 Å². The normalized spacial score (nSPS) is 14.7. The van der Waals surface area contributed by atoms with E-state index in [2.05, 4.69) is 11.8 Å². The molecule has 1 aliphatic carbocycles. The first-order valence-corrected chi connectivity index (χ1v) is 6.64. The minimum atomic E-state index is -1.25. The Morgan fingerprint density at radius 3 is 2.15 bits per heavy atom. The van der Waals surface area contributed by atoms with Crippen molar-refractivity contribution in [2.45, 2.75) is 12.0 Å². The molecular formula is C18H16O2. The van der Waals surface area contributed by atoms with E-state index in [1.807, 2.05) is 48.5 Å². The van der Waals surface area contributed by atoms with Gasteiger partial charge in [-0.05, 0) is 17.5 Å². The van der Waals surface area contributed by atoms with Crippen LogP contribution >= 0.6 is 0 Å². The van der Waals surface area contributed by atoms with Gasteiger partial charge in [0.1, 0.15) is 6.61 Å².